The third kappa shape index (κ3) is 4.23. The second-order valence-corrected chi connectivity index (χ2v) is 4.74. The number of amides is 1. The van der Waals surface area contributed by atoms with Crippen molar-refractivity contribution in [1.82, 2.24) is 4.90 Å². The van der Waals surface area contributed by atoms with Crippen molar-refractivity contribution in [2.24, 2.45) is 0 Å². The molecule has 3 nitrogen and oxygen atoms in total. The summed E-state index contributed by atoms with van der Waals surface area (Å²) < 4.78 is 37.4. The van der Waals surface area contributed by atoms with E-state index in [0.717, 1.165) is 12.1 Å². The topological polar surface area (TPSA) is 40.5 Å². The highest BCUT2D eigenvalue weighted by atomic mass is 19.4. The summed E-state index contributed by atoms with van der Waals surface area (Å²) in [6.07, 6.45) is -3.97. The summed E-state index contributed by atoms with van der Waals surface area (Å²) in [5.74, 6) is -0.331. The van der Waals surface area contributed by atoms with Gasteiger partial charge in [-0.15, -0.1) is 0 Å². The molecule has 0 aromatic heterocycles. The first kappa shape index (κ1) is 16.5. The molecule has 0 fully saturated rings. The summed E-state index contributed by atoms with van der Waals surface area (Å²) >= 11 is 0. The molecule has 1 aromatic carbocycles. The summed E-state index contributed by atoms with van der Waals surface area (Å²) in [5.41, 5.74) is -0.565. The number of carbonyl (C=O) groups is 1. The van der Waals surface area contributed by atoms with Gasteiger partial charge in [-0.05, 0) is 44.5 Å². The zero-order chi connectivity index (χ0) is 15.3. The molecule has 0 spiro atoms. The molecular formula is C14H18F3NO2. The molecule has 0 aliphatic heterocycles. The van der Waals surface area contributed by atoms with E-state index >= 15 is 0 Å². The van der Waals surface area contributed by atoms with Gasteiger partial charge in [-0.2, -0.15) is 13.2 Å². The lowest BCUT2D eigenvalue weighted by molar-refractivity contribution is -0.137. The van der Waals surface area contributed by atoms with Crippen molar-refractivity contribution in [3.63, 3.8) is 0 Å². The van der Waals surface area contributed by atoms with Crippen molar-refractivity contribution in [1.29, 1.82) is 0 Å². The lowest BCUT2D eigenvalue weighted by Gasteiger charge is -2.26. The SMILES string of the molecule is CC(C)N(CCCO)C(=O)c1ccc(C(F)(F)F)cc1. The van der Waals surface area contributed by atoms with Gasteiger partial charge in [-0.3, -0.25) is 4.79 Å². The van der Waals surface area contributed by atoms with Crippen LogP contribution in [0.5, 0.6) is 0 Å². The minimum Gasteiger partial charge on any atom is -0.396 e. The quantitative estimate of drug-likeness (QED) is 0.905. The van der Waals surface area contributed by atoms with Crippen LogP contribution < -0.4 is 0 Å². The molecular weight excluding hydrogens is 271 g/mol. The van der Waals surface area contributed by atoms with Crippen LogP contribution in [0.3, 0.4) is 0 Å². The van der Waals surface area contributed by atoms with Gasteiger partial charge in [0.05, 0.1) is 5.56 Å². The number of aliphatic hydroxyl groups excluding tert-OH is 1. The Hall–Kier alpha value is -1.56. The lowest BCUT2D eigenvalue weighted by Crippen LogP contribution is -2.38. The van der Waals surface area contributed by atoms with Gasteiger partial charge in [0.2, 0.25) is 0 Å². The van der Waals surface area contributed by atoms with Crippen molar-refractivity contribution in [3.05, 3.63) is 35.4 Å². The number of nitrogens with zero attached hydrogens (tertiary/aromatic N) is 1. The van der Waals surface area contributed by atoms with Crippen LogP contribution in [0.15, 0.2) is 24.3 Å². The largest absolute Gasteiger partial charge is 0.416 e. The second kappa shape index (κ2) is 6.74. The van der Waals surface area contributed by atoms with Crippen molar-refractivity contribution in [2.45, 2.75) is 32.5 Å². The molecule has 0 saturated carbocycles. The number of hydrogen-bond donors (Lipinski definition) is 1. The maximum atomic E-state index is 12.5. The minimum absolute atomic E-state index is 0.0382. The predicted octanol–water partition coefficient (Wildman–Crippen LogP) is 2.94. The number of hydrogen-bond acceptors (Lipinski definition) is 2. The minimum atomic E-state index is -4.41. The monoisotopic (exact) mass is 289 g/mol. The molecule has 1 amide bonds. The second-order valence-electron chi connectivity index (χ2n) is 4.74. The molecule has 1 aromatic rings. The molecule has 0 bridgehead atoms. The van der Waals surface area contributed by atoms with Crippen LogP contribution in [-0.4, -0.2) is 35.1 Å². The molecule has 0 aliphatic carbocycles. The number of halogens is 3. The van der Waals surface area contributed by atoms with E-state index in [1.807, 2.05) is 13.8 Å². The Balaban J connectivity index is 2.89. The summed E-state index contributed by atoms with van der Waals surface area (Å²) in [6.45, 7) is 3.97. The molecule has 1 rings (SSSR count). The van der Waals surface area contributed by atoms with Crippen LogP contribution >= 0.6 is 0 Å². The first-order valence-electron chi connectivity index (χ1n) is 6.36. The molecule has 112 valence electrons. The predicted molar refractivity (Wildman–Crippen MR) is 69.3 cm³/mol. The highest BCUT2D eigenvalue weighted by Crippen LogP contribution is 2.29. The molecule has 0 saturated heterocycles. The number of alkyl halides is 3. The van der Waals surface area contributed by atoms with Gasteiger partial charge in [-0.25, -0.2) is 0 Å². The van der Waals surface area contributed by atoms with Gasteiger partial charge in [-0.1, -0.05) is 0 Å². The fourth-order valence-corrected chi connectivity index (χ4v) is 1.80. The van der Waals surface area contributed by atoms with Gasteiger partial charge in [0.25, 0.3) is 5.91 Å². The Morgan fingerprint density at radius 3 is 2.20 bits per heavy atom. The highest BCUT2D eigenvalue weighted by molar-refractivity contribution is 5.94. The summed E-state index contributed by atoms with van der Waals surface area (Å²) in [5, 5.41) is 8.81. The fraction of sp³-hybridized carbons (Fsp3) is 0.500. The van der Waals surface area contributed by atoms with Crippen LogP contribution in [0.25, 0.3) is 0 Å². The maximum absolute atomic E-state index is 12.5. The first-order valence-corrected chi connectivity index (χ1v) is 6.36. The van der Waals surface area contributed by atoms with Gasteiger partial charge in [0, 0.05) is 24.8 Å². The fourth-order valence-electron chi connectivity index (χ4n) is 1.80. The Kier molecular flexibility index (Phi) is 5.56. The first-order chi connectivity index (χ1) is 9.27. The smallest absolute Gasteiger partial charge is 0.396 e. The van der Waals surface area contributed by atoms with E-state index in [1.54, 1.807) is 0 Å². The third-order valence-corrected chi connectivity index (χ3v) is 2.90. The molecule has 0 radical (unpaired) electrons. The van der Waals surface area contributed by atoms with Crippen LogP contribution in [0.4, 0.5) is 13.2 Å². The molecule has 1 N–H and O–H groups in total. The van der Waals surface area contributed by atoms with Gasteiger partial charge in [0.15, 0.2) is 0 Å². The van der Waals surface area contributed by atoms with E-state index in [2.05, 4.69) is 0 Å². The Bertz CT molecular complexity index is 441. The van der Waals surface area contributed by atoms with Crippen molar-refractivity contribution in [3.8, 4) is 0 Å². The zero-order valence-electron chi connectivity index (χ0n) is 11.4. The average molecular weight is 289 g/mol. The zero-order valence-corrected chi connectivity index (χ0v) is 11.4. The van der Waals surface area contributed by atoms with E-state index in [0.29, 0.717) is 13.0 Å². The molecule has 20 heavy (non-hydrogen) atoms. The van der Waals surface area contributed by atoms with E-state index in [1.165, 1.54) is 17.0 Å². The van der Waals surface area contributed by atoms with E-state index in [4.69, 9.17) is 5.11 Å². The van der Waals surface area contributed by atoms with Crippen LogP contribution in [0, 0.1) is 0 Å². The molecule has 0 aliphatic rings. The number of rotatable bonds is 5. The number of carbonyl (C=O) groups excluding carboxylic acids is 1. The van der Waals surface area contributed by atoms with Gasteiger partial charge >= 0.3 is 6.18 Å². The number of benzene rings is 1. The number of aliphatic hydroxyl groups is 1. The van der Waals surface area contributed by atoms with Gasteiger partial charge in [0.1, 0.15) is 0 Å². The summed E-state index contributed by atoms with van der Waals surface area (Å²) in [7, 11) is 0. The highest BCUT2D eigenvalue weighted by Gasteiger charge is 2.30. The van der Waals surface area contributed by atoms with Crippen molar-refractivity contribution >= 4 is 5.91 Å². The van der Waals surface area contributed by atoms with E-state index < -0.39 is 11.7 Å². The van der Waals surface area contributed by atoms with Crippen molar-refractivity contribution in [2.75, 3.05) is 13.2 Å². The van der Waals surface area contributed by atoms with E-state index in [-0.39, 0.29) is 24.1 Å². The molecule has 6 heteroatoms. The van der Waals surface area contributed by atoms with Crippen LogP contribution in [0.1, 0.15) is 36.2 Å². The van der Waals surface area contributed by atoms with Crippen LogP contribution in [0.2, 0.25) is 0 Å². The molecule has 0 unspecified atom stereocenters. The average Bonchev–Trinajstić information content (AvgIpc) is 2.37. The maximum Gasteiger partial charge on any atom is 0.416 e. The normalized spacial score (nSPS) is 11.8. The Labute approximate surface area is 116 Å². The Morgan fingerprint density at radius 1 is 1.25 bits per heavy atom. The molecule has 0 atom stereocenters. The van der Waals surface area contributed by atoms with Gasteiger partial charge < -0.3 is 10.0 Å². The lowest BCUT2D eigenvalue weighted by atomic mass is 10.1. The standard InChI is InChI=1S/C14H18F3NO2/c1-10(2)18(8-3-9-19)13(20)11-4-6-12(7-5-11)14(15,16)17/h4-7,10,19H,3,8-9H2,1-2H3. The summed E-state index contributed by atoms with van der Waals surface area (Å²) in [4.78, 5) is 13.7. The van der Waals surface area contributed by atoms with Crippen LogP contribution in [-0.2, 0) is 6.18 Å². The third-order valence-electron chi connectivity index (χ3n) is 2.90. The Morgan fingerprint density at radius 2 is 1.80 bits per heavy atom. The molecule has 0 heterocycles. The van der Waals surface area contributed by atoms with E-state index in [9.17, 15) is 18.0 Å². The van der Waals surface area contributed by atoms with Crippen molar-refractivity contribution < 1.29 is 23.1 Å². The summed E-state index contributed by atoms with van der Waals surface area (Å²) in [6, 6.07) is 4.07.